The summed E-state index contributed by atoms with van der Waals surface area (Å²) in [6, 6.07) is 8.50. The van der Waals surface area contributed by atoms with Crippen LogP contribution in [0.2, 0.25) is 0 Å². The first-order chi connectivity index (χ1) is 17.7. The Balaban J connectivity index is 1.60. The number of halogens is 1. The molecule has 3 N–H and O–H groups in total. The van der Waals surface area contributed by atoms with E-state index >= 15 is 0 Å². The van der Waals surface area contributed by atoms with Gasteiger partial charge in [-0.3, -0.25) is 14.6 Å². The number of aliphatic hydroxyl groups is 1. The Kier molecular flexibility index (Phi) is 6.33. The van der Waals surface area contributed by atoms with E-state index in [1.165, 1.54) is 18.1 Å². The number of nitrogens with one attached hydrogen (secondary N) is 1. The molecule has 1 saturated heterocycles. The number of benzene rings is 2. The molecular weight excluding hydrogens is 479 g/mol. The van der Waals surface area contributed by atoms with Gasteiger partial charge in [-0.15, -0.1) is 0 Å². The Morgan fingerprint density at radius 2 is 2.03 bits per heavy atom. The molecule has 9 nitrogen and oxygen atoms in total. The number of urea groups is 1. The maximum absolute atomic E-state index is 14.5. The number of ether oxygens (including phenoxy) is 1. The summed E-state index contributed by atoms with van der Waals surface area (Å²) in [6.07, 6.45) is 0.817. The molecule has 0 aliphatic carbocycles. The number of hydrogen-bond donors (Lipinski definition) is 3. The van der Waals surface area contributed by atoms with Crippen LogP contribution in [-0.2, 0) is 11.2 Å². The third-order valence-corrected chi connectivity index (χ3v) is 7.53. The number of aromatic hydroxyl groups is 1. The van der Waals surface area contributed by atoms with Gasteiger partial charge in [-0.1, -0.05) is 12.1 Å². The van der Waals surface area contributed by atoms with E-state index in [2.05, 4.69) is 4.98 Å². The lowest BCUT2D eigenvalue weighted by molar-refractivity contribution is -0.133. The second-order valence-electron chi connectivity index (χ2n) is 9.99. The highest BCUT2D eigenvalue weighted by Gasteiger charge is 2.60. The van der Waals surface area contributed by atoms with Gasteiger partial charge in [-0.05, 0) is 56.3 Å². The number of methoxy groups -OCH3 is 1. The number of likely N-dealkylation sites (N-methyl/N-ethyl adjacent to an activating group) is 1. The molecule has 0 radical (unpaired) electrons. The van der Waals surface area contributed by atoms with Crippen molar-refractivity contribution >= 4 is 22.8 Å². The number of aromatic amines is 1. The van der Waals surface area contributed by atoms with Gasteiger partial charge in [0, 0.05) is 42.2 Å². The number of rotatable bonds is 8. The van der Waals surface area contributed by atoms with Crippen LogP contribution in [0.3, 0.4) is 0 Å². The number of hydrogen-bond acceptors (Lipinski definition) is 6. The molecule has 10 heteroatoms. The van der Waals surface area contributed by atoms with Crippen molar-refractivity contribution in [2.75, 3.05) is 40.4 Å². The van der Waals surface area contributed by atoms with E-state index in [1.54, 1.807) is 42.2 Å². The average Bonchev–Trinajstić information content (AvgIpc) is 3.29. The zero-order chi connectivity index (χ0) is 26.5. The molecule has 2 aliphatic rings. The number of nitrogens with zero attached hydrogens (tertiary/aromatic N) is 3. The summed E-state index contributed by atoms with van der Waals surface area (Å²) in [5.41, 5.74) is 1.50. The lowest BCUT2D eigenvalue weighted by Gasteiger charge is -2.42. The minimum atomic E-state index is -1.17. The number of aromatic nitrogens is 1. The number of fused-ring (bicyclic) bond motifs is 4. The van der Waals surface area contributed by atoms with E-state index in [4.69, 9.17) is 9.84 Å². The molecule has 2 aromatic carbocycles. The highest BCUT2D eigenvalue weighted by molar-refractivity contribution is 6.08. The van der Waals surface area contributed by atoms with Crippen molar-refractivity contribution < 1.29 is 28.9 Å². The molecule has 0 spiro atoms. The molecule has 1 aromatic heterocycles. The fourth-order valence-electron chi connectivity index (χ4n) is 5.69. The summed E-state index contributed by atoms with van der Waals surface area (Å²) in [5.74, 6) is -0.671. The van der Waals surface area contributed by atoms with Crippen molar-refractivity contribution in [1.82, 2.24) is 19.7 Å². The molecule has 5 rings (SSSR count). The second-order valence-corrected chi connectivity index (χ2v) is 9.99. The summed E-state index contributed by atoms with van der Waals surface area (Å²) < 4.78 is 19.7. The highest BCUT2D eigenvalue weighted by Crippen LogP contribution is 2.49. The minimum Gasteiger partial charge on any atom is -0.508 e. The predicted molar refractivity (Wildman–Crippen MR) is 135 cm³/mol. The maximum Gasteiger partial charge on any atom is 0.328 e. The van der Waals surface area contributed by atoms with Crippen molar-refractivity contribution in [3.63, 3.8) is 0 Å². The Morgan fingerprint density at radius 3 is 2.73 bits per heavy atom. The molecule has 1 fully saturated rings. The van der Waals surface area contributed by atoms with Crippen LogP contribution in [0.15, 0.2) is 36.4 Å². The van der Waals surface area contributed by atoms with Crippen LogP contribution in [0.1, 0.15) is 36.2 Å². The fourth-order valence-corrected chi connectivity index (χ4v) is 5.69. The van der Waals surface area contributed by atoms with Gasteiger partial charge in [-0.2, -0.15) is 0 Å². The van der Waals surface area contributed by atoms with E-state index < -0.39 is 23.4 Å². The Bertz CT molecular complexity index is 1370. The molecule has 3 heterocycles. The smallest absolute Gasteiger partial charge is 0.328 e. The van der Waals surface area contributed by atoms with Crippen molar-refractivity contribution in [3.8, 4) is 11.5 Å². The molecule has 2 aliphatic heterocycles. The van der Waals surface area contributed by atoms with Crippen LogP contribution in [-0.4, -0.2) is 87.8 Å². The molecule has 2 atom stereocenters. The predicted octanol–water partition coefficient (Wildman–Crippen LogP) is 3.00. The fraction of sp³-hybridized carbons (Fsp3) is 0.407. The molecule has 3 aromatic rings. The van der Waals surface area contributed by atoms with Crippen LogP contribution in [0, 0.1) is 5.82 Å². The van der Waals surface area contributed by atoms with E-state index in [1.807, 2.05) is 11.9 Å². The number of phenols is 1. The lowest BCUT2D eigenvalue weighted by Crippen LogP contribution is -2.53. The van der Waals surface area contributed by atoms with Crippen molar-refractivity contribution in [2.45, 2.75) is 31.3 Å². The van der Waals surface area contributed by atoms with E-state index in [9.17, 15) is 19.1 Å². The summed E-state index contributed by atoms with van der Waals surface area (Å²) in [4.78, 5) is 35.8. The van der Waals surface area contributed by atoms with Gasteiger partial charge in [0.15, 0.2) is 11.6 Å². The van der Waals surface area contributed by atoms with Crippen LogP contribution < -0.4 is 4.74 Å². The molecule has 3 amide bonds. The number of carbonyl (C=O) groups is 2. The van der Waals surface area contributed by atoms with E-state index in [0.29, 0.717) is 36.3 Å². The Hall–Kier alpha value is -3.63. The molecule has 0 saturated carbocycles. The quantitative estimate of drug-likeness (QED) is 0.402. The highest BCUT2D eigenvalue weighted by atomic mass is 19.1. The largest absolute Gasteiger partial charge is 0.508 e. The lowest BCUT2D eigenvalue weighted by atomic mass is 9.81. The Labute approximate surface area is 214 Å². The van der Waals surface area contributed by atoms with Gasteiger partial charge < -0.3 is 24.8 Å². The second kappa shape index (κ2) is 9.35. The van der Waals surface area contributed by atoms with E-state index in [-0.39, 0.29) is 37.0 Å². The van der Waals surface area contributed by atoms with Crippen LogP contribution in [0.4, 0.5) is 9.18 Å². The monoisotopic (exact) mass is 510 g/mol. The van der Waals surface area contributed by atoms with Gasteiger partial charge in [0.2, 0.25) is 0 Å². The summed E-state index contributed by atoms with van der Waals surface area (Å²) in [7, 11) is 3.28. The van der Waals surface area contributed by atoms with Crippen molar-refractivity contribution in [2.24, 2.45) is 0 Å². The normalized spacial score (nSPS) is 21.2. The van der Waals surface area contributed by atoms with Crippen LogP contribution in [0.5, 0.6) is 11.5 Å². The van der Waals surface area contributed by atoms with Gasteiger partial charge in [0.1, 0.15) is 17.3 Å². The summed E-state index contributed by atoms with van der Waals surface area (Å²) in [5, 5.41) is 20.1. The van der Waals surface area contributed by atoms with Crippen LogP contribution in [0.25, 0.3) is 10.9 Å². The van der Waals surface area contributed by atoms with Crippen molar-refractivity contribution in [3.05, 3.63) is 59.0 Å². The SMILES string of the molecule is COc1cc2c3c([nH]c2cc1F)C(c1cccc(O)c1)N1C(=O)N(CCCN(C)CCO)C(=O)C1(C)C3. The third kappa shape index (κ3) is 4.00. The molecular formula is C27H31FN4O5. The summed E-state index contributed by atoms with van der Waals surface area (Å²) in [6.45, 7) is 3.19. The standard InChI is InChI=1S/C27H31FN4O5/c1-27-15-19-18-13-22(37-3)20(28)14-21(18)29-23(19)24(16-6-4-7-17(34)12-16)32(27)26(36)31(25(27)35)9-5-8-30(2)10-11-33/h4,6-7,12-14,24,29,33-34H,5,8-11,15H2,1-3H3. The maximum atomic E-state index is 14.5. The topological polar surface area (TPSA) is 109 Å². The van der Waals surface area contributed by atoms with Gasteiger partial charge in [-0.25, -0.2) is 9.18 Å². The zero-order valence-corrected chi connectivity index (χ0v) is 21.1. The van der Waals surface area contributed by atoms with Crippen molar-refractivity contribution in [1.29, 1.82) is 0 Å². The van der Waals surface area contributed by atoms with Gasteiger partial charge >= 0.3 is 6.03 Å². The molecule has 0 bridgehead atoms. The first kappa shape index (κ1) is 25.0. The first-order valence-electron chi connectivity index (χ1n) is 12.3. The van der Waals surface area contributed by atoms with Gasteiger partial charge in [0.05, 0.1) is 13.7 Å². The first-order valence-corrected chi connectivity index (χ1v) is 12.3. The average molecular weight is 511 g/mol. The summed E-state index contributed by atoms with van der Waals surface area (Å²) >= 11 is 0. The molecule has 37 heavy (non-hydrogen) atoms. The molecule has 196 valence electrons. The zero-order valence-electron chi connectivity index (χ0n) is 21.1. The van der Waals surface area contributed by atoms with Crippen LogP contribution >= 0.6 is 0 Å². The van der Waals surface area contributed by atoms with Gasteiger partial charge in [0.25, 0.3) is 5.91 Å². The number of amides is 3. The number of carbonyl (C=O) groups excluding carboxylic acids is 2. The number of imide groups is 1. The third-order valence-electron chi connectivity index (χ3n) is 7.53. The minimum absolute atomic E-state index is 0.0376. The molecule has 2 unspecified atom stereocenters. The number of aliphatic hydroxyl groups excluding tert-OH is 1. The Morgan fingerprint density at radius 1 is 1.24 bits per heavy atom. The van der Waals surface area contributed by atoms with E-state index in [0.717, 1.165) is 10.9 Å². The number of phenolic OH excluding ortho intramolecular Hbond substituents is 1. The number of H-pyrrole nitrogens is 1.